The zero-order chi connectivity index (χ0) is 11.1. The number of aliphatic hydroxyl groups is 1. The third-order valence-electron chi connectivity index (χ3n) is 2.96. The van der Waals surface area contributed by atoms with Crippen LogP contribution in [-0.2, 0) is 4.74 Å². The lowest BCUT2D eigenvalue weighted by Crippen LogP contribution is -2.45. The maximum Gasteiger partial charge on any atom is 0.0744 e. The molecule has 0 spiro atoms. The Balaban J connectivity index is 2.17. The Bertz CT molecular complexity index is 167. The summed E-state index contributed by atoms with van der Waals surface area (Å²) in [6.45, 7) is 3.92. The summed E-state index contributed by atoms with van der Waals surface area (Å²) in [6, 6.07) is 0.272. The molecule has 1 aliphatic rings. The fourth-order valence-corrected chi connectivity index (χ4v) is 2.02. The van der Waals surface area contributed by atoms with E-state index < -0.39 is 0 Å². The van der Waals surface area contributed by atoms with Crippen LogP contribution in [0.15, 0.2) is 0 Å². The first kappa shape index (κ1) is 12.9. The molecule has 1 fully saturated rings. The van der Waals surface area contributed by atoms with E-state index in [1.165, 1.54) is 0 Å². The average Bonchev–Trinajstić information content (AvgIpc) is 2.65. The fourth-order valence-electron chi connectivity index (χ4n) is 2.02. The molecular formula is C11H24N2O2. The van der Waals surface area contributed by atoms with Gasteiger partial charge in [0.05, 0.1) is 12.2 Å². The second kappa shape index (κ2) is 7.17. The molecule has 0 aromatic carbocycles. The third kappa shape index (κ3) is 4.47. The first-order valence-corrected chi connectivity index (χ1v) is 5.97. The van der Waals surface area contributed by atoms with Crippen LogP contribution >= 0.6 is 0 Å². The van der Waals surface area contributed by atoms with Gasteiger partial charge in [0.1, 0.15) is 0 Å². The molecule has 3 unspecified atom stereocenters. The molecule has 0 saturated carbocycles. The van der Waals surface area contributed by atoms with E-state index in [2.05, 4.69) is 12.2 Å². The van der Waals surface area contributed by atoms with Gasteiger partial charge in [-0.25, -0.2) is 0 Å². The highest BCUT2D eigenvalue weighted by atomic mass is 16.5. The lowest BCUT2D eigenvalue weighted by molar-refractivity contribution is 0.0338. The Morgan fingerprint density at radius 3 is 2.80 bits per heavy atom. The van der Waals surface area contributed by atoms with E-state index in [1.54, 1.807) is 0 Å². The van der Waals surface area contributed by atoms with Crippen LogP contribution in [0.3, 0.4) is 0 Å². The minimum Gasteiger partial charge on any atom is -0.396 e. The average molecular weight is 216 g/mol. The van der Waals surface area contributed by atoms with Crippen molar-refractivity contribution in [1.29, 1.82) is 0 Å². The van der Waals surface area contributed by atoms with Crippen molar-refractivity contribution in [3.63, 3.8) is 0 Å². The van der Waals surface area contributed by atoms with Crippen LogP contribution in [-0.4, -0.2) is 43.1 Å². The van der Waals surface area contributed by atoms with E-state index in [0.29, 0.717) is 12.6 Å². The summed E-state index contributed by atoms with van der Waals surface area (Å²) >= 11 is 0. The summed E-state index contributed by atoms with van der Waals surface area (Å²) in [5.41, 5.74) is 5.72. The van der Waals surface area contributed by atoms with Crippen LogP contribution < -0.4 is 11.1 Å². The summed E-state index contributed by atoms with van der Waals surface area (Å²) in [7, 11) is 0. The second-order valence-corrected chi connectivity index (χ2v) is 4.29. The van der Waals surface area contributed by atoms with Crippen molar-refractivity contribution in [1.82, 2.24) is 5.32 Å². The van der Waals surface area contributed by atoms with Gasteiger partial charge in [-0.3, -0.25) is 0 Å². The van der Waals surface area contributed by atoms with Gasteiger partial charge in [-0.2, -0.15) is 0 Å². The normalized spacial score (nSPS) is 28.2. The molecule has 4 heteroatoms. The van der Waals surface area contributed by atoms with Gasteiger partial charge in [0.25, 0.3) is 0 Å². The lowest BCUT2D eigenvalue weighted by atomic mass is 10.1. The van der Waals surface area contributed by atoms with Crippen LogP contribution in [0, 0.1) is 0 Å². The topological polar surface area (TPSA) is 67.5 Å². The number of hydrogen-bond donors (Lipinski definition) is 3. The summed E-state index contributed by atoms with van der Waals surface area (Å²) in [5.74, 6) is 0. The predicted octanol–water partition coefficient (Wildman–Crippen LogP) is 0.243. The molecule has 1 heterocycles. The van der Waals surface area contributed by atoms with Gasteiger partial charge in [0.15, 0.2) is 0 Å². The number of hydrogen-bond acceptors (Lipinski definition) is 4. The van der Waals surface area contributed by atoms with Crippen molar-refractivity contribution < 1.29 is 9.84 Å². The maximum atomic E-state index is 8.66. The monoisotopic (exact) mass is 216 g/mol. The zero-order valence-electron chi connectivity index (χ0n) is 9.61. The molecule has 3 atom stereocenters. The van der Waals surface area contributed by atoms with Crippen LogP contribution in [0.4, 0.5) is 0 Å². The molecule has 0 radical (unpaired) electrons. The molecule has 1 aliphatic heterocycles. The van der Waals surface area contributed by atoms with Crippen LogP contribution in [0.5, 0.6) is 0 Å². The molecule has 0 aromatic rings. The highest BCUT2D eigenvalue weighted by molar-refractivity contribution is 4.83. The maximum absolute atomic E-state index is 8.66. The molecule has 1 saturated heterocycles. The molecule has 0 aliphatic carbocycles. The quantitative estimate of drug-likeness (QED) is 0.533. The van der Waals surface area contributed by atoms with Crippen molar-refractivity contribution in [3.8, 4) is 0 Å². The number of aliphatic hydroxyl groups excluding tert-OH is 1. The Morgan fingerprint density at radius 1 is 1.47 bits per heavy atom. The first-order chi connectivity index (χ1) is 7.27. The number of rotatable bonds is 7. The first-order valence-electron chi connectivity index (χ1n) is 5.97. The van der Waals surface area contributed by atoms with Crippen molar-refractivity contribution in [3.05, 3.63) is 0 Å². The van der Waals surface area contributed by atoms with Gasteiger partial charge in [-0.15, -0.1) is 0 Å². The van der Waals surface area contributed by atoms with Crippen LogP contribution in [0.1, 0.15) is 32.6 Å². The van der Waals surface area contributed by atoms with Crippen molar-refractivity contribution in [2.45, 2.75) is 50.9 Å². The SMILES string of the molecule is CC1CCC(C(CN)NCCCCO)O1. The summed E-state index contributed by atoms with van der Waals surface area (Å²) < 4.78 is 5.78. The second-order valence-electron chi connectivity index (χ2n) is 4.29. The smallest absolute Gasteiger partial charge is 0.0744 e. The molecule has 1 rings (SSSR count). The molecular weight excluding hydrogens is 192 g/mol. The van der Waals surface area contributed by atoms with Crippen molar-refractivity contribution >= 4 is 0 Å². The third-order valence-corrected chi connectivity index (χ3v) is 2.96. The van der Waals surface area contributed by atoms with E-state index in [1.807, 2.05) is 0 Å². The van der Waals surface area contributed by atoms with Crippen LogP contribution in [0.2, 0.25) is 0 Å². The van der Waals surface area contributed by atoms with E-state index >= 15 is 0 Å². The summed E-state index contributed by atoms with van der Waals surface area (Å²) in [4.78, 5) is 0. The number of nitrogens with one attached hydrogen (secondary N) is 1. The molecule has 0 aromatic heterocycles. The molecule has 4 nitrogen and oxygen atoms in total. The Morgan fingerprint density at radius 2 is 2.27 bits per heavy atom. The number of nitrogens with two attached hydrogens (primary N) is 1. The Kier molecular flexibility index (Phi) is 6.17. The van der Waals surface area contributed by atoms with Gasteiger partial charge in [-0.1, -0.05) is 0 Å². The molecule has 0 amide bonds. The van der Waals surface area contributed by atoms with Gasteiger partial charge in [0, 0.05) is 19.2 Å². The zero-order valence-corrected chi connectivity index (χ0v) is 9.61. The standard InChI is InChI=1S/C11H24N2O2/c1-9-4-5-11(15-9)10(8-12)13-6-2-3-7-14/h9-11,13-14H,2-8,12H2,1H3. The summed E-state index contributed by atoms with van der Waals surface area (Å²) in [5, 5.41) is 12.1. The van der Waals surface area contributed by atoms with Gasteiger partial charge < -0.3 is 20.9 Å². The lowest BCUT2D eigenvalue weighted by Gasteiger charge is -2.23. The molecule has 0 bridgehead atoms. The van der Waals surface area contributed by atoms with Gasteiger partial charge in [0.2, 0.25) is 0 Å². The van der Waals surface area contributed by atoms with Crippen molar-refractivity contribution in [2.75, 3.05) is 19.7 Å². The minimum atomic E-state index is 0.270. The molecule has 90 valence electrons. The largest absolute Gasteiger partial charge is 0.396 e. The number of unbranched alkanes of at least 4 members (excludes halogenated alkanes) is 1. The predicted molar refractivity (Wildman–Crippen MR) is 60.7 cm³/mol. The summed E-state index contributed by atoms with van der Waals surface area (Å²) in [6.07, 6.45) is 4.75. The number of ether oxygens (including phenoxy) is 1. The van der Waals surface area contributed by atoms with Crippen LogP contribution in [0.25, 0.3) is 0 Å². The van der Waals surface area contributed by atoms with Gasteiger partial charge in [-0.05, 0) is 39.2 Å². The van der Waals surface area contributed by atoms with E-state index in [-0.39, 0.29) is 18.8 Å². The van der Waals surface area contributed by atoms with E-state index in [0.717, 1.165) is 32.2 Å². The molecule has 4 N–H and O–H groups in total. The highest BCUT2D eigenvalue weighted by Gasteiger charge is 2.28. The van der Waals surface area contributed by atoms with E-state index in [9.17, 15) is 0 Å². The van der Waals surface area contributed by atoms with Crippen molar-refractivity contribution in [2.24, 2.45) is 5.73 Å². The molecule has 15 heavy (non-hydrogen) atoms. The Hall–Kier alpha value is -0.160. The highest BCUT2D eigenvalue weighted by Crippen LogP contribution is 2.21. The Labute approximate surface area is 92.2 Å². The van der Waals surface area contributed by atoms with E-state index in [4.69, 9.17) is 15.6 Å². The minimum absolute atomic E-state index is 0.270. The fraction of sp³-hybridized carbons (Fsp3) is 1.00. The van der Waals surface area contributed by atoms with Gasteiger partial charge >= 0.3 is 0 Å².